The molecule has 88 valence electrons. The maximum Gasteiger partial charge on any atom is 0.332 e. The third kappa shape index (κ3) is 3.40. The van der Waals surface area contributed by atoms with Gasteiger partial charge in [-0.15, -0.1) is 0 Å². The summed E-state index contributed by atoms with van der Waals surface area (Å²) >= 11 is 0. The van der Waals surface area contributed by atoms with Crippen LogP contribution in [0.1, 0.15) is 45.4 Å². The Morgan fingerprint density at radius 1 is 1.40 bits per heavy atom. The first kappa shape index (κ1) is 12.9. The minimum Gasteiger partial charge on any atom is -0.324 e. The second-order valence-electron chi connectivity index (χ2n) is 4.48. The lowest BCUT2D eigenvalue weighted by atomic mass is 9.63. The molecule has 0 radical (unpaired) electrons. The first-order valence-electron chi connectivity index (χ1n) is 5.47. The van der Waals surface area contributed by atoms with Gasteiger partial charge in [0, 0.05) is 5.41 Å². The summed E-state index contributed by atoms with van der Waals surface area (Å²) in [5.41, 5.74) is -0.392. The number of carbonyl (C=O) groups excluding carboxylic acids is 1. The predicted molar refractivity (Wildman–Crippen MR) is 57.7 cm³/mol. The van der Waals surface area contributed by atoms with E-state index in [1.807, 2.05) is 0 Å². The molecule has 0 amide bonds. The molecule has 0 saturated heterocycles. The van der Waals surface area contributed by atoms with Gasteiger partial charge in [0.25, 0.3) is 0 Å². The first-order valence-corrected chi connectivity index (χ1v) is 7.27. The Hall–Kier alpha value is -0.180. The van der Waals surface area contributed by atoms with E-state index in [1.165, 1.54) is 0 Å². The molecule has 1 saturated carbocycles. The molecule has 1 aliphatic rings. The molecule has 0 aromatic rings. The molecular weight excluding hydrogens is 215 g/mol. The largest absolute Gasteiger partial charge is 0.332 e. The molecule has 0 atom stereocenters. The minimum absolute atomic E-state index is 0.226. The Balaban J connectivity index is 2.58. The second kappa shape index (κ2) is 4.77. The summed E-state index contributed by atoms with van der Waals surface area (Å²) in [5, 5.41) is 0. The van der Waals surface area contributed by atoms with Crippen molar-refractivity contribution >= 4 is 13.4 Å². The maximum absolute atomic E-state index is 11.8. The first-order chi connectivity index (χ1) is 6.90. The van der Waals surface area contributed by atoms with Gasteiger partial charge in [0.05, 0.1) is 0 Å². The van der Waals surface area contributed by atoms with E-state index < -0.39 is 19.2 Å². The van der Waals surface area contributed by atoms with Crippen LogP contribution >= 0.6 is 7.60 Å². The summed E-state index contributed by atoms with van der Waals surface area (Å²) in [6.07, 6.45) is 4.84. The molecule has 1 aliphatic carbocycles. The summed E-state index contributed by atoms with van der Waals surface area (Å²) in [6, 6.07) is 0. The van der Waals surface area contributed by atoms with Crippen molar-refractivity contribution in [2.24, 2.45) is 5.41 Å². The summed E-state index contributed by atoms with van der Waals surface area (Å²) in [7, 11) is -4.18. The fourth-order valence-corrected chi connectivity index (χ4v) is 2.85. The van der Waals surface area contributed by atoms with E-state index in [0.717, 1.165) is 38.5 Å². The average molecular weight is 234 g/mol. The topological polar surface area (TPSA) is 74.6 Å². The van der Waals surface area contributed by atoms with Gasteiger partial charge >= 0.3 is 7.60 Å². The summed E-state index contributed by atoms with van der Waals surface area (Å²) < 4.78 is 10.8. The van der Waals surface area contributed by atoms with Crippen molar-refractivity contribution in [3.8, 4) is 0 Å². The average Bonchev–Trinajstić information content (AvgIpc) is 1.99. The Bertz CT molecular complexity index is 277. The van der Waals surface area contributed by atoms with Crippen LogP contribution in [0.5, 0.6) is 0 Å². The van der Waals surface area contributed by atoms with Gasteiger partial charge in [0.15, 0.2) is 5.78 Å². The highest BCUT2D eigenvalue weighted by Crippen LogP contribution is 2.49. The summed E-state index contributed by atoms with van der Waals surface area (Å²) in [4.78, 5) is 29.3. The Kier molecular flexibility index (Phi) is 4.10. The van der Waals surface area contributed by atoms with Crippen molar-refractivity contribution in [2.75, 3.05) is 6.16 Å². The molecule has 0 aromatic carbocycles. The third-order valence-corrected chi connectivity index (χ3v) is 3.96. The van der Waals surface area contributed by atoms with Crippen LogP contribution in [0.15, 0.2) is 0 Å². The molecule has 15 heavy (non-hydrogen) atoms. The Morgan fingerprint density at radius 3 is 2.33 bits per heavy atom. The Morgan fingerprint density at radius 2 is 2.00 bits per heavy atom. The van der Waals surface area contributed by atoms with E-state index in [0.29, 0.717) is 0 Å². The van der Waals surface area contributed by atoms with Gasteiger partial charge in [0.2, 0.25) is 0 Å². The van der Waals surface area contributed by atoms with Crippen LogP contribution < -0.4 is 0 Å². The highest BCUT2D eigenvalue weighted by atomic mass is 31.2. The predicted octanol–water partition coefficient (Wildman–Crippen LogP) is 2.09. The van der Waals surface area contributed by atoms with Crippen LogP contribution in [0.2, 0.25) is 0 Å². The van der Waals surface area contributed by atoms with Crippen molar-refractivity contribution in [1.29, 1.82) is 0 Å². The van der Waals surface area contributed by atoms with Crippen molar-refractivity contribution in [3.05, 3.63) is 0 Å². The standard InChI is InChI=1S/C10H19O4P/c1-2-3-5-10(6-4-7-10)9(11)8-15(12,13)14/h2-8H2,1H3,(H2,12,13,14). The van der Waals surface area contributed by atoms with Gasteiger partial charge in [-0.3, -0.25) is 9.36 Å². The molecule has 0 spiro atoms. The highest BCUT2D eigenvalue weighted by molar-refractivity contribution is 7.52. The molecule has 1 fully saturated rings. The minimum atomic E-state index is -4.18. The molecule has 0 unspecified atom stereocenters. The van der Waals surface area contributed by atoms with Gasteiger partial charge in [-0.1, -0.05) is 26.2 Å². The van der Waals surface area contributed by atoms with Crippen LogP contribution in [0.3, 0.4) is 0 Å². The lowest BCUT2D eigenvalue weighted by molar-refractivity contribution is -0.131. The zero-order chi connectivity index (χ0) is 11.5. The molecule has 2 N–H and O–H groups in total. The Labute approximate surface area is 90.2 Å². The number of ketones is 1. The zero-order valence-electron chi connectivity index (χ0n) is 9.11. The van der Waals surface area contributed by atoms with E-state index >= 15 is 0 Å². The number of hydrogen-bond acceptors (Lipinski definition) is 2. The van der Waals surface area contributed by atoms with E-state index in [4.69, 9.17) is 9.79 Å². The SMILES string of the molecule is CCCCC1(C(=O)CP(=O)(O)O)CCC1. The van der Waals surface area contributed by atoms with Crippen molar-refractivity contribution in [1.82, 2.24) is 0 Å². The normalized spacial score (nSPS) is 19.7. The number of Topliss-reactive ketones (excluding diaryl/α,β-unsaturated/α-hetero) is 1. The van der Waals surface area contributed by atoms with Crippen LogP contribution in [-0.4, -0.2) is 21.7 Å². The monoisotopic (exact) mass is 234 g/mol. The highest BCUT2D eigenvalue weighted by Gasteiger charge is 2.44. The fourth-order valence-electron chi connectivity index (χ4n) is 2.14. The van der Waals surface area contributed by atoms with Gasteiger partial charge in [-0.25, -0.2) is 0 Å². The van der Waals surface area contributed by atoms with Crippen LogP contribution in [0.4, 0.5) is 0 Å². The van der Waals surface area contributed by atoms with E-state index in [2.05, 4.69) is 6.92 Å². The maximum atomic E-state index is 11.8. The molecule has 1 rings (SSSR count). The number of unbranched alkanes of at least 4 members (excludes halogenated alkanes) is 1. The number of rotatable bonds is 6. The van der Waals surface area contributed by atoms with E-state index in [-0.39, 0.29) is 5.78 Å². The van der Waals surface area contributed by atoms with Gasteiger partial charge in [-0.05, 0) is 19.3 Å². The van der Waals surface area contributed by atoms with Gasteiger partial charge < -0.3 is 9.79 Å². The van der Waals surface area contributed by atoms with E-state index in [1.54, 1.807) is 0 Å². The number of hydrogen-bond donors (Lipinski definition) is 2. The molecule has 0 bridgehead atoms. The van der Waals surface area contributed by atoms with Crippen LogP contribution in [-0.2, 0) is 9.36 Å². The molecular formula is C10H19O4P. The second-order valence-corrected chi connectivity index (χ2v) is 6.13. The van der Waals surface area contributed by atoms with E-state index in [9.17, 15) is 9.36 Å². The van der Waals surface area contributed by atoms with Crippen LogP contribution in [0, 0.1) is 5.41 Å². The molecule has 0 aromatic heterocycles. The van der Waals surface area contributed by atoms with Gasteiger partial charge in [0.1, 0.15) is 6.16 Å². The van der Waals surface area contributed by atoms with Gasteiger partial charge in [-0.2, -0.15) is 0 Å². The lowest BCUT2D eigenvalue weighted by Gasteiger charge is -2.40. The smallest absolute Gasteiger partial charge is 0.324 e. The molecule has 0 aliphatic heterocycles. The zero-order valence-corrected chi connectivity index (χ0v) is 10.0. The third-order valence-electron chi connectivity index (χ3n) is 3.26. The van der Waals surface area contributed by atoms with Crippen molar-refractivity contribution in [2.45, 2.75) is 45.4 Å². The molecule has 4 nitrogen and oxygen atoms in total. The van der Waals surface area contributed by atoms with Crippen molar-refractivity contribution in [3.63, 3.8) is 0 Å². The van der Waals surface area contributed by atoms with Crippen LogP contribution in [0.25, 0.3) is 0 Å². The molecule has 0 heterocycles. The molecule has 5 heteroatoms. The fraction of sp³-hybridized carbons (Fsp3) is 0.900. The lowest BCUT2D eigenvalue weighted by Crippen LogP contribution is -2.39. The quantitative estimate of drug-likeness (QED) is 0.690. The number of carbonyl (C=O) groups is 1. The summed E-state index contributed by atoms with van der Waals surface area (Å²) in [5.74, 6) is -0.226. The summed E-state index contributed by atoms with van der Waals surface area (Å²) in [6.45, 7) is 2.06. The van der Waals surface area contributed by atoms with Crippen molar-refractivity contribution < 1.29 is 19.1 Å².